The van der Waals surface area contributed by atoms with Crippen molar-refractivity contribution in [3.05, 3.63) is 34.5 Å². The standard InChI is InChI=1S/C18H20N6O4/c1-28-18-19-9-12-8-14(20-16(12)22-18)13-2-3-15(21-17(13)24(26)27)23-6-4-11(10-25)5-7-23/h2-3,8-9,11,25H,4-7,10H2,1H3,(H,19,20,22). The number of hydrogen-bond donors (Lipinski definition) is 2. The molecule has 0 aromatic carbocycles. The number of aliphatic hydroxyl groups is 1. The fraction of sp³-hybridized carbons (Fsp3) is 0.389. The van der Waals surface area contributed by atoms with Gasteiger partial charge in [-0.25, -0.2) is 4.98 Å². The van der Waals surface area contributed by atoms with E-state index < -0.39 is 4.92 Å². The molecule has 0 saturated carbocycles. The van der Waals surface area contributed by atoms with Gasteiger partial charge in [0.25, 0.3) is 0 Å². The summed E-state index contributed by atoms with van der Waals surface area (Å²) in [5.41, 5.74) is 1.46. The largest absolute Gasteiger partial charge is 0.467 e. The number of ether oxygens (including phenoxy) is 1. The quantitative estimate of drug-likeness (QED) is 0.505. The van der Waals surface area contributed by atoms with E-state index in [0.717, 1.165) is 31.3 Å². The first kappa shape index (κ1) is 18.1. The summed E-state index contributed by atoms with van der Waals surface area (Å²) in [5.74, 6) is 0.646. The summed E-state index contributed by atoms with van der Waals surface area (Å²) in [6, 6.07) is 5.47. The second-order valence-electron chi connectivity index (χ2n) is 6.75. The van der Waals surface area contributed by atoms with Gasteiger partial charge in [0.1, 0.15) is 5.65 Å². The Morgan fingerprint density at radius 2 is 2.14 bits per heavy atom. The van der Waals surface area contributed by atoms with Crippen LogP contribution in [0.2, 0.25) is 0 Å². The number of rotatable bonds is 5. The predicted octanol–water partition coefficient (Wildman–Crippen LogP) is 2.15. The third-order valence-electron chi connectivity index (χ3n) is 5.05. The first-order chi connectivity index (χ1) is 13.6. The van der Waals surface area contributed by atoms with Crippen LogP contribution in [0, 0.1) is 16.0 Å². The average Bonchev–Trinajstić information content (AvgIpc) is 3.16. The van der Waals surface area contributed by atoms with Crippen molar-refractivity contribution in [2.45, 2.75) is 12.8 Å². The molecular weight excluding hydrogens is 364 g/mol. The van der Waals surface area contributed by atoms with Crippen molar-refractivity contribution in [2.75, 3.05) is 31.7 Å². The van der Waals surface area contributed by atoms with E-state index in [9.17, 15) is 15.2 Å². The molecule has 10 nitrogen and oxygen atoms in total. The van der Waals surface area contributed by atoms with Gasteiger partial charge in [-0.05, 0) is 40.8 Å². The highest BCUT2D eigenvalue weighted by Crippen LogP contribution is 2.33. The second kappa shape index (κ2) is 7.39. The second-order valence-corrected chi connectivity index (χ2v) is 6.75. The number of nitro groups is 1. The maximum Gasteiger partial charge on any atom is 0.375 e. The first-order valence-corrected chi connectivity index (χ1v) is 9.00. The van der Waals surface area contributed by atoms with E-state index in [4.69, 9.17) is 4.74 Å². The first-order valence-electron chi connectivity index (χ1n) is 9.00. The fourth-order valence-corrected chi connectivity index (χ4v) is 3.45. The van der Waals surface area contributed by atoms with Gasteiger partial charge in [0.05, 0.1) is 18.4 Å². The zero-order chi connectivity index (χ0) is 19.7. The van der Waals surface area contributed by atoms with Gasteiger partial charge in [0.15, 0.2) is 0 Å². The van der Waals surface area contributed by atoms with E-state index in [0.29, 0.717) is 22.7 Å². The molecule has 1 aliphatic heterocycles. The summed E-state index contributed by atoms with van der Waals surface area (Å²) in [7, 11) is 1.47. The number of nitrogens with zero attached hydrogens (tertiary/aromatic N) is 5. The number of nitrogens with one attached hydrogen (secondary N) is 1. The number of piperidine rings is 1. The maximum absolute atomic E-state index is 11.7. The number of pyridine rings is 1. The number of anilines is 1. The van der Waals surface area contributed by atoms with Crippen LogP contribution in [-0.2, 0) is 0 Å². The van der Waals surface area contributed by atoms with E-state index in [1.54, 1.807) is 24.4 Å². The van der Waals surface area contributed by atoms with Crippen LogP contribution < -0.4 is 9.64 Å². The molecule has 0 radical (unpaired) electrons. The van der Waals surface area contributed by atoms with Gasteiger partial charge in [0.2, 0.25) is 5.82 Å². The molecule has 1 fully saturated rings. The zero-order valence-corrected chi connectivity index (χ0v) is 15.3. The molecule has 0 atom stereocenters. The van der Waals surface area contributed by atoms with Gasteiger partial charge in [0, 0.05) is 37.3 Å². The number of aromatic amines is 1. The minimum atomic E-state index is -0.475. The molecule has 3 aromatic heterocycles. The molecule has 1 aliphatic rings. The van der Waals surface area contributed by atoms with Crippen molar-refractivity contribution in [1.29, 1.82) is 0 Å². The summed E-state index contributed by atoms with van der Waals surface area (Å²) >= 11 is 0. The van der Waals surface area contributed by atoms with Gasteiger partial charge in [-0.2, -0.15) is 4.98 Å². The molecule has 0 bridgehead atoms. The average molecular weight is 384 g/mol. The van der Waals surface area contributed by atoms with Crippen LogP contribution >= 0.6 is 0 Å². The van der Waals surface area contributed by atoms with E-state index in [2.05, 4.69) is 19.9 Å². The molecule has 10 heteroatoms. The molecule has 0 aliphatic carbocycles. The Kier molecular flexibility index (Phi) is 4.78. The molecule has 28 heavy (non-hydrogen) atoms. The third-order valence-corrected chi connectivity index (χ3v) is 5.05. The number of H-pyrrole nitrogens is 1. The van der Waals surface area contributed by atoms with Crippen molar-refractivity contribution >= 4 is 22.7 Å². The minimum absolute atomic E-state index is 0.175. The lowest BCUT2D eigenvalue weighted by molar-refractivity contribution is -0.388. The van der Waals surface area contributed by atoms with E-state index in [1.807, 2.05) is 4.90 Å². The zero-order valence-electron chi connectivity index (χ0n) is 15.3. The van der Waals surface area contributed by atoms with Gasteiger partial charge in [-0.1, -0.05) is 0 Å². The number of aromatic nitrogens is 4. The summed E-state index contributed by atoms with van der Waals surface area (Å²) in [5, 5.41) is 21.7. The van der Waals surface area contributed by atoms with Crippen LogP contribution in [0.3, 0.4) is 0 Å². The lowest BCUT2D eigenvalue weighted by atomic mass is 9.98. The molecule has 0 unspecified atom stereocenters. The predicted molar refractivity (Wildman–Crippen MR) is 102 cm³/mol. The summed E-state index contributed by atoms with van der Waals surface area (Å²) in [4.78, 5) is 28.9. The number of fused-ring (bicyclic) bond motifs is 1. The topological polar surface area (TPSA) is 130 Å². The molecule has 0 spiro atoms. The van der Waals surface area contributed by atoms with Crippen LogP contribution in [0.4, 0.5) is 11.6 Å². The summed E-state index contributed by atoms with van der Waals surface area (Å²) in [6.07, 6.45) is 3.28. The highest BCUT2D eigenvalue weighted by atomic mass is 16.6. The van der Waals surface area contributed by atoms with Crippen molar-refractivity contribution < 1.29 is 14.8 Å². The molecule has 3 aromatic rings. The Labute approximate surface area is 160 Å². The van der Waals surface area contributed by atoms with Gasteiger partial charge < -0.3 is 29.8 Å². The molecule has 4 heterocycles. The summed E-state index contributed by atoms with van der Waals surface area (Å²) in [6.45, 7) is 1.61. The van der Waals surface area contributed by atoms with Gasteiger partial charge >= 0.3 is 11.8 Å². The number of methoxy groups -OCH3 is 1. The van der Waals surface area contributed by atoms with Crippen molar-refractivity contribution in [2.24, 2.45) is 5.92 Å². The van der Waals surface area contributed by atoms with Crippen LogP contribution in [0.25, 0.3) is 22.3 Å². The Hall–Kier alpha value is -3.27. The van der Waals surface area contributed by atoms with Gasteiger partial charge in [-0.3, -0.25) is 0 Å². The highest BCUT2D eigenvalue weighted by Gasteiger charge is 2.26. The molecule has 0 amide bonds. The molecular formula is C18H20N6O4. The lowest BCUT2D eigenvalue weighted by Crippen LogP contribution is -2.35. The number of aliphatic hydroxyl groups excluding tert-OH is 1. The smallest absolute Gasteiger partial charge is 0.375 e. The lowest BCUT2D eigenvalue weighted by Gasteiger charge is -2.30. The Bertz CT molecular complexity index is 1010. The van der Waals surface area contributed by atoms with Crippen molar-refractivity contribution in [1.82, 2.24) is 19.9 Å². The molecule has 2 N–H and O–H groups in total. The number of hydrogen-bond acceptors (Lipinski definition) is 8. The Morgan fingerprint density at radius 1 is 1.36 bits per heavy atom. The highest BCUT2D eigenvalue weighted by molar-refractivity contribution is 5.84. The van der Waals surface area contributed by atoms with Crippen LogP contribution in [0.5, 0.6) is 6.01 Å². The Balaban J connectivity index is 1.69. The van der Waals surface area contributed by atoms with Crippen molar-refractivity contribution in [3.8, 4) is 17.3 Å². The normalized spacial score (nSPS) is 15.1. The van der Waals surface area contributed by atoms with Crippen LogP contribution in [0.15, 0.2) is 24.4 Å². The van der Waals surface area contributed by atoms with Gasteiger partial charge in [-0.15, -0.1) is 0 Å². The molecule has 1 saturated heterocycles. The fourth-order valence-electron chi connectivity index (χ4n) is 3.45. The maximum atomic E-state index is 11.7. The Morgan fingerprint density at radius 3 is 2.82 bits per heavy atom. The molecule has 146 valence electrons. The SMILES string of the molecule is COc1ncc2cc(-c3ccc(N4CCC(CO)CC4)nc3[N+](=O)[O-])[nH]c2n1. The monoisotopic (exact) mass is 384 g/mol. The van der Waals surface area contributed by atoms with Crippen LogP contribution in [0.1, 0.15) is 12.8 Å². The van der Waals surface area contributed by atoms with Crippen LogP contribution in [-0.4, -0.2) is 56.8 Å². The molecule has 4 rings (SSSR count). The van der Waals surface area contributed by atoms with E-state index >= 15 is 0 Å². The minimum Gasteiger partial charge on any atom is -0.467 e. The summed E-state index contributed by atoms with van der Waals surface area (Å²) < 4.78 is 5.01. The third kappa shape index (κ3) is 3.33. The van der Waals surface area contributed by atoms with E-state index in [-0.39, 0.29) is 24.4 Å². The van der Waals surface area contributed by atoms with E-state index in [1.165, 1.54) is 7.11 Å². The van der Waals surface area contributed by atoms with Crippen molar-refractivity contribution in [3.63, 3.8) is 0 Å².